The summed E-state index contributed by atoms with van der Waals surface area (Å²) in [7, 11) is 0. The monoisotopic (exact) mass is 381 g/mol. The van der Waals surface area contributed by atoms with Gasteiger partial charge in [0, 0.05) is 25.2 Å². The number of aliphatic hydroxyl groups excluding tert-OH is 1. The van der Waals surface area contributed by atoms with Gasteiger partial charge in [0.15, 0.2) is 0 Å². The number of hydrogen-bond acceptors (Lipinski definition) is 5. The molecule has 0 spiro atoms. The molecule has 0 radical (unpaired) electrons. The lowest BCUT2D eigenvalue weighted by atomic mass is 9.84. The normalized spacial score (nSPS) is 22.4. The van der Waals surface area contributed by atoms with Crippen LogP contribution in [0.5, 0.6) is 0 Å². The Labute approximate surface area is 158 Å². The van der Waals surface area contributed by atoms with E-state index < -0.39 is 35.2 Å². The van der Waals surface area contributed by atoms with Gasteiger partial charge in [0.2, 0.25) is 5.91 Å². The van der Waals surface area contributed by atoms with Crippen LogP contribution in [0.4, 0.5) is 4.39 Å². The van der Waals surface area contributed by atoms with Gasteiger partial charge >= 0.3 is 0 Å². The molecule has 0 saturated carbocycles. The lowest BCUT2D eigenvalue weighted by Crippen LogP contribution is -2.62. The van der Waals surface area contributed by atoms with E-state index in [1.807, 2.05) is 13.8 Å². The topological polar surface area (TPSA) is 102 Å². The maximum absolute atomic E-state index is 14.5. The summed E-state index contributed by atoms with van der Waals surface area (Å²) in [5, 5.41) is 22.4. The third-order valence-corrected chi connectivity index (χ3v) is 5.10. The van der Waals surface area contributed by atoms with Crippen LogP contribution in [0.3, 0.4) is 0 Å². The quantitative estimate of drug-likeness (QED) is 0.435. The largest absolute Gasteiger partial charge is 0.382 e. The van der Waals surface area contributed by atoms with Crippen LogP contribution in [-0.2, 0) is 15.1 Å². The van der Waals surface area contributed by atoms with Gasteiger partial charge in [-0.05, 0) is 25.3 Å². The van der Waals surface area contributed by atoms with Crippen LogP contribution in [0.1, 0.15) is 32.8 Å². The summed E-state index contributed by atoms with van der Waals surface area (Å²) in [6.07, 6.45) is -1.44. The highest BCUT2D eigenvalue weighted by atomic mass is 19.1. The van der Waals surface area contributed by atoms with Gasteiger partial charge in [-0.1, -0.05) is 32.0 Å². The Morgan fingerprint density at radius 3 is 2.63 bits per heavy atom. The maximum atomic E-state index is 14.5. The van der Waals surface area contributed by atoms with Gasteiger partial charge in [-0.15, -0.1) is 0 Å². The fourth-order valence-corrected chi connectivity index (χ4v) is 3.68. The number of aliphatic hydroxyl groups is 1. The molecule has 2 amide bonds. The molecule has 8 heteroatoms. The Bertz CT molecular complexity index is 685. The summed E-state index contributed by atoms with van der Waals surface area (Å²) in [6, 6.07) is 6.27. The van der Waals surface area contributed by atoms with Crippen LogP contribution in [0.2, 0.25) is 0 Å². The third kappa shape index (κ3) is 4.45. The van der Waals surface area contributed by atoms with Gasteiger partial charge < -0.3 is 15.3 Å². The number of halogens is 1. The van der Waals surface area contributed by atoms with Crippen LogP contribution < -0.4 is 10.8 Å². The Morgan fingerprint density at radius 1 is 1.37 bits per heavy atom. The molecular weight excluding hydrogens is 353 g/mol. The minimum atomic E-state index is -1.69. The Kier molecular flexibility index (Phi) is 6.91. The molecule has 1 heterocycles. The predicted molar refractivity (Wildman–Crippen MR) is 97.2 cm³/mol. The zero-order valence-corrected chi connectivity index (χ0v) is 15.9. The highest BCUT2D eigenvalue weighted by Gasteiger charge is 2.45. The number of benzene rings is 1. The molecule has 1 aromatic rings. The second kappa shape index (κ2) is 8.77. The lowest BCUT2D eigenvalue weighted by Gasteiger charge is -2.47. The molecule has 1 saturated heterocycles. The summed E-state index contributed by atoms with van der Waals surface area (Å²) >= 11 is 0. The number of nitrogens with zero attached hydrogens (tertiary/aromatic N) is 1. The first kappa shape index (κ1) is 21.3. The fraction of sp³-hybridized carbons (Fsp3) is 0.579. The standard InChI is InChI=1S/C19H28FN3O4/c1-12(2)10-13(16(24)17(25)22-27)18(26)23-9-8-21-11-19(23,3)14-6-4-5-7-15(14)20/h4-7,12-13,16,21,24,27H,8-11H2,1-3H3,(H,22,25)/t13-,16-,19+/m0/s1. The molecule has 1 aliphatic rings. The molecule has 0 aromatic heterocycles. The number of piperazine rings is 1. The van der Waals surface area contributed by atoms with Crippen LogP contribution in [0.15, 0.2) is 24.3 Å². The Hall–Kier alpha value is -2.03. The molecule has 1 aliphatic heterocycles. The zero-order valence-electron chi connectivity index (χ0n) is 15.9. The number of carbonyl (C=O) groups is 2. The van der Waals surface area contributed by atoms with Gasteiger partial charge in [0.25, 0.3) is 5.91 Å². The van der Waals surface area contributed by atoms with Crippen molar-refractivity contribution in [3.63, 3.8) is 0 Å². The molecule has 0 bridgehead atoms. The maximum Gasteiger partial charge on any atom is 0.272 e. The van der Waals surface area contributed by atoms with Gasteiger partial charge in [-0.3, -0.25) is 14.8 Å². The van der Waals surface area contributed by atoms with E-state index in [1.54, 1.807) is 25.1 Å². The molecular formula is C19H28FN3O4. The number of hydroxylamine groups is 1. The van der Waals surface area contributed by atoms with Crippen molar-refractivity contribution in [3.8, 4) is 0 Å². The van der Waals surface area contributed by atoms with Gasteiger partial charge in [0.1, 0.15) is 11.9 Å². The molecule has 2 rings (SSSR count). The van der Waals surface area contributed by atoms with Crippen LogP contribution in [0.25, 0.3) is 0 Å². The van der Waals surface area contributed by atoms with E-state index in [0.29, 0.717) is 25.2 Å². The average Bonchev–Trinajstić information content (AvgIpc) is 2.64. The summed E-state index contributed by atoms with van der Waals surface area (Å²) < 4.78 is 14.5. The molecule has 3 atom stereocenters. The molecule has 150 valence electrons. The van der Waals surface area contributed by atoms with Gasteiger partial charge in [-0.2, -0.15) is 0 Å². The average molecular weight is 381 g/mol. The minimum absolute atomic E-state index is 0.0303. The molecule has 0 unspecified atom stereocenters. The van der Waals surface area contributed by atoms with E-state index in [1.165, 1.54) is 16.4 Å². The summed E-state index contributed by atoms with van der Waals surface area (Å²) in [6.45, 7) is 6.68. The minimum Gasteiger partial charge on any atom is -0.382 e. The van der Waals surface area contributed by atoms with Crippen LogP contribution in [-0.4, -0.2) is 52.8 Å². The van der Waals surface area contributed by atoms with E-state index in [4.69, 9.17) is 5.21 Å². The number of hydrogen-bond donors (Lipinski definition) is 4. The van der Waals surface area contributed by atoms with Crippen molar-refractivity contribution in [1.29, 1.82) is 0 Å². The van der Waals surface area contributed by atoms with E-state index in [9.17, 15) is 19.1 Å². The summed E-state index contributed by atoms with van der Waals surface area (Å²) in [5.41, 5.74) is 0.809. The number of amides is 2. The van der Waals surface area contributed by atoms with Crippen molar-refractivity contribution in [1.82, 2.24) is 15.7 Å². The molecule has 1 aromatic carbocycles. The summed E-state index contributed by atoms with van der Waals surface area (Å²) in [5.74, 6) is -2.90. The van der Waals surface area contributed by atoms with Gasteiger partial charge in [-0.25, -0.2) is 9.87 Å². The Balaban J connectivity index is 2.42. The van der Waals surface area contributed by atoms with Crippen molar-refractivity contribution in [2.75, 3.05) is 19.6 Å². The van der Waals surface area contributed by atoms with Crippen LogP contribution >= 0.6 is 0 Å². The smallest absolute Gasteiger partial charge is 0.272 e. The highest BCUT2D eigenvalue weighted by molar-refractivity contribution is 5.89. The van der Waals surface area contributed by atoms with E-state index >= 15 is 0 Å². The number of carbonyl (C=O) groups excluding carboxylic acids is 2. The fourth-order valence-electron chi connectivity index (χ4n) is 3.68. The number of rotatable bonds is 6. The van der Waals surface area contributed by atoms with E-state index in [-0.39, 0.29) is 12.3 Å². The zero-order chi connectivity index (χ0) is 20.2. The van der Waals surface area contributed by atoms with Crippen molar-refractivity contribution in [3.05, 3.63) is 35.6 Å². The lowest BCUT2D eigenvalue weighted by molar-refractivity contribution is -0.156. The molecule has 1 fully saturated rings. The Morgan fingerprint density at radius 2 is 2.04 bits per heavy atom. The van der Waals surface area contributed by atoms with Crippen molar-refractivity contribution in [2.45, 2.75) is 38.8 Å². The van der Waals surface area contributed by atoms with E-state index in [2.05, 4.69) is 5.32 Å². The second-order valence-corrected chi connectivity index (χ2v) is 7.58. The molecule has 27 heavy (non-hydrogen) atoms. The van der Waals surface area contributed by atoms with E-state index in [0.717, 1.165) is 0 Å². The predicted octanol–water partition coefficient (Wildman–Crippen LogP) is 1.00. The van der Waals surface area contributed by atoms with Gasteiger partial charge in [0.05, 0.1) is 11.5 Å². The molecule has 4 N–H and O–H groups in total. The molecule has 0 aliphatic carbocycles. The first-order valence-electron chi connectivity index (χ1n) is 9.11. The van der Waals surface area contributed by atoms with Crippen LogP contribution in [0, 0.1) is 17.7 Å². The van der Waals surface area contributed by atoms with Crippen molar-refractivity contribution in [2.24, 2.45) is 11.8 Å². The third-order valence-electron chi connectivity index (χ3n) is 5.10. The highest BCUT2D eigenvalue weighted by Crippen LogP contribution is 2.34. The van der Waals surface area contributed by atoms with Crippen molar-refractivity contribution >= 4 is 11.8 Å². The summed E-state index contributed by atoms with van der Waals surface area (Å²) in [4.78, 5) is 26.6. The first-order chi connectivity index (χ1) is 12.7. The SMILES string of the molecule is CC(C)C[C@H](C(=O)N1CCNC[C@]1(C)c1ccccc1F)[C@H](O)C(=O)NO. The number of nitrogens with one attached hydrogen (secondary N) is 2. The second-order valence-electron chi connectivity index (χ2n) is 7.58. The molecule has 7 nitrogen and oxygen atoms in total. The first-order valence-corrected chi connectivity index (χ1v) is 9.11. The van der Waals surface area contributed by atoms with Crippen molar-refractivity contribution < 1.29 is 24.3 Å².